The zero-order valence-corrected chi connectivity index (χ0v) is 13.2. The molecule has 5 nitrogen and oxygen atoms in total. The van der Waals surface area contributed by atoms with E-state index in [2.05, 4.69) is 57.0 Å². The van der Waals surface area contributed by atoms with Crippen molar-refractivity contribution in [2.24, 2.45) is 5.41 Å². The van der Waals surface area contributed by atoms with Gasteiger partial charge in [0, 0.05) is 12.1 Å². The average Bonchev–Trinajstić information content (AvgIpc) is 2.68. The summed E-state index contributed by atoms with van der Waals surface area (Å²) >= 11 is 0. The van der Waals surface area contributed by atoms with Crippen LogP contribution in [-0.4, -0.2) is 22.3 Å². The van der Waals surface area contributed by atoms with Crippen molar-refractivity contribution in [3.05, 3.63) is 11.7 Å². The topological polar surface area (TPSA) is 60.2 Å². The van der Waals surface area contributed by atoms with Crippen LogP contribution in [0.3, 0.4) is 0 Å². The van der Waals surface area contributed by atoms with E-state index in [9.17, 15) is 0 Å². The number of ether oxygens (including phenoxy) is 1. The first-order valence-electron chi connectivity index (χ1n) is 6.82. The van der Waals surface area contributed by atoms with Crippen LogP contribution in [0.4, 0.5) is 0 Å². The van der Waals surface area contributed by atoms with Crippen LogP contribution in [0.2, 0.25) is 0 Å². The smallest absolute Gasteiger partial charge is 0.240 e. The lowest BCUT2D eigenvalue weighted by Crippen LogP contribution is -2.35. The average molecular weight is 269 g/mol. The minimum atomic E-state index is -0.148. The molecule has 0 saturated heterocycles. The molecule has 0 aliphatic heterocycles. The summed E-state index contributed by atoms with van der Waals surface area (Å²) in [4.78, 5) is 4.43. The molecule has 1 aromatic rings. The molecule has 1 atom stereocenters. The molecule has 0 bridgehead atoms. The monoisotopic (exact) mass is 269 g/mol. The van der Waals surface area contributed by atoms with Gasteiger partial charge in [0.05, 0.1) is 6.54 Å². The highest BCUT2D eigenvalue weighted by atomic mass is 16.5. The Morgan fingerprint density at radius 2 is 1.84 bits per heavy atom. The SMILES string of the molecule is CCOC(c1noc(CNC(C)(C)C)n1)C(C)(C)C. The Morgan fingerprint density at radius 3 is 2.32 bits per heavy atom. The summed E-state index contributed by atoms with van der Waals surface area (Å²) in [5, 5.41) is 7.38. The third-order valence-corrected chi connectivity index (χ3v) is 2.61. The van der Waals surface area contributed by atoms with E-state index in [1.807, 2.05) is 6.92 Å². The predicted molar refractivity (Wildman–Crippen MR) is 74.7 cm³/mol. The summed E-state index contributed by atoms with van der Waals surface area (Å²) in [6.45, 7) is 15.8. The molecule has 19 heavy (non-hydrogen) atoms. The van der Waals surface area contributed by atoms with Gasteiger partial charge in [-0.1, -0.05) is 25.9 Å². The largest absolute Gasteiger partial charge is 0.370 e. The van der Waals surface area contributed by atoms with Crippen molar-refractivity contribution in [1.29, 1.82) is 0 Å². The summed E-state index contributed by atoms with van der Waals surface area (Å²) in [5.74, 6) is 1.22. The lowest BCUT2D eigenvalue weighted by atomic mass is 9.88. The normalized spacial score (nSPS) is 14.7. The first-order valence-corrected chi connectivity index (χ1v) is 6.82. The van der Waals surface area contributed by atoms with Gasteiger partial charge >= 0.3 is 0 Å². The van der Waals surface area contributed by atoms with E-state index >= 15 is 0 Å². The van der Waals surface area contributed by atoms with Crippen molar-refractivity contribution in [2.45, 2.75) is 66.7 Å². The minimum absolute atomic E-state index is 0.0258. The second-order valence-electron chi connectivity index (χ2n) is 6.85. The zero-order valence-electron chi connectivity index (χ0n) is 13.2. The zero-order chi connectivity index (χ0) is 14.7. The number of hydrogen-bond acceptors (Lipinski definition) is 5. The molecule has 0 saturated carbocycles. The molecule has 1 heterocycles. The molecule has 110 valence electrons. The van der Waals surface area contributed by atoms with Crippen molar-refractivity contribution in [1.82, 2.24) is 15.5 Å². The molecule has 1 N–H and O–H groups in total. The maximum absolute atomic E-state index is 5.75. The van der Waals surface area contributed by atoms with E-state index < -0.39 is 0 Å². The van der Waals surface area contributed by atoms with Gasteiger partial charge in [0.25, 0.3) is 0 Å². The summed E-state index contributed by atoms with van der Waals surface area (Å²) in [7, 11) is 0. The van der Waals surface area contributed by atoms with Crippen LogP contribution in [-0.2, 0) is 11.3 Å². The van der Waals surface area contributed by atoms with E-state index in [-0.39, 0.29) is 17.1 Å². The molecule has 0 fully saturated rings. The second-order valence-corrected chi connectivity index (χ2v) is 6.85. The van der Waals surface area contributed by atoms with Gasteiger partial charge in [0.15, 0.2) is 0 Å². The van der Waals surface area contributed by atoms with Gasteiger partial charge in [-0.05, 0) is 33.1 Å². The van der Waals surface area contributed by atoms with E-state index in [0.29, 0.717) is 24.9 Å². The highest BCUT2D eigenvalue weighted by Crippen LogP contribution is 2.34. The van der Waals surface area contributed by atoms with Crippen LogP contribution in [0, 0.1) is 5.41 Å². The Morgan fingerprint density at radius 1 is 1.21 bits per heavy atom. The predicted octanol–water partition coefficient (Wildman–Crippen LogP) is 3.08. The first kappa shape index (κ1) is 16.1. The van der Waals surface area contributed by atoms with Crippen molar-refractivity contribution < 1.29 is 9.26 Å². The van der Waals surface area contributed by atoms with Gasteiger partial charge in [-0.3, -0.25) is 0 Å². The fourth-order valence-corrected chi connectivity index (χ4v) is 1.67. The minimum Gasteiger partial charge on any atom is -0.370 e. The van der Waals surface area contributed by atoms with Gasteiger partial charge in [-0.2, -0.15) is 4.98 Å². The maximum atomic E-state index is 5.75. The highest BCUT2D eigenvalue weighted by molar-refractivity contribution is 4.96. The Labute approximate surface area is 116 Å². The molecule has 1 rings (SSSR count). The number of aromatic nitrogens is 2. The van der Waals surface area contributed by atoms with Gasteiger partial charge < -0.3 is 14.6 Å². The molecule has 0 amide bonds. The number of nitrogens with one attached hydrogen (secondary N) is 1. The quantitative estimate of drug-likeness (QED) is 0.890. The summed E-state index contributed by atoms with van der Waals surface area (Å²) in [6.07, 6.45) is -0.148. The number of nitrogens with zero attached hydrogens (tertiary/aromatic N) is 2. The van der Waals surface area contributed by atoms with Crippen LogP contribution >= 0.6 is 0 Å². The van der Waals surface area contributed by atoms with Crippen molar-refractivity contribution in [3.8, 4) is 0 Å². The highest BCUT2D eigenvalue weighted by Gasteiger charge is 2.31. The third kappa shape index (κ3) is 5.28. The van der Waals surface area contributed by atoms with Crippen molar-refractivity contribution in [3.63, 3.8) is 0 Å². The lowest BCUT2D eigenvalue weighted by Gasteiger charge is -2.27. The van der Waals surface area contributed by atoms with Crippen molar-refractivity contribution in [2.75, 3.05) is 6.61 Å². The van der Waals surface area contributed by atoms with Gasteiger partial charge in [0.2, 0.25) is 11.7 Å². The van der Waals surface area contributed by atoms with Crippen molar-refractivity contribution >= 4 is 0 Å². The first-order chi connectivity index (χ1) is 8.63. The molecule has 1 aromatic heterocycles. The fraction of sp³-hybridized carbons (Fsp3) is 0.857. The number of hydrogen-bond donors (Lipinski definition) is 1. The van der Waals surface area contributed by atoms with E-state index in [0.717, 1.165) is 0 Å². The molecule has 0 spiro atoms. The van der Waals surface area contributed by atoms with Gasteiger partial charge in [-0.15, -0.1) is 0 Å². The Kier molecular flexibility index (Phi) is 5.10. The maximum Gasteiger partial charge on any atom is 0.240 e. The van der Waals surface area contributed by atoms with Crippen LogP contribution in [0.1, 0.15) is 66.3 Å². The molecular formula is C14H27N3O2. The standard InChI is InChI=1S/C14H27N3O2/c1-8-18-11(13(2,3)4)12-16-10(19-17-12)9-15-14(5,6)7/h11,15H,8-9H2,1-7H3. The Balaban J connectivity index is 2.76. The van der Waals surface area contributed by atoms with Gasteiger partial charge in [-0.25, -0.2) is 0 Å². The van der Waals surface area contributed by atoms with E-state index in [4.69, 9.17) is 9.26 Å². The lowest BCUT2D eigenvalue weighted by molar-refractivity contribution is -0.0203. The molecule has 0 aliphatic rings. The van der Waals surface area contributed by atoms with Crippen LogP contribution in [0.5, 0.6) is 0 Å². The fourth-order valence-electron chi connectivity index (χ4n) is 1.67. The van der Waals surface area contributed by atoms with E-state index in [1.54, 1.807) is 0 Å². The molecule has 1 unspecified atom stereocenters. The molecule has 0 aliphatic carbocycles. The Bertz CT molecular complexity index is 388. The van der Waals surface area contributed by atoms with E-state index in [1.165, 1.54) is 0 Å². The van der Waals surface area contributed by atoms with Crippen LogP contribution < -0.4 is 5.32 Å². The molecular weight excluding hydrogens is 242 g/mol. The van der Waals surface area contributed by atoms with Gasteiger partial charge in [0.1, 0.15) is 6.10 Å². The molecule has 0 aromatic carbocycles. The van der Waals surface area contributed by atoms with Crippen LogP contribution in [0.15, 0.2) is 4.52 Å². The molecule has 0 radical (unpaired) electrons. The second kappa shape index (κ2) is 6.01. The third-order valence-electron chi connectivity index (χ3n) is 2.61. The summed E-state index contributed by atoms with van der Waals surface area (Å²) < 4.78 is 11.0. The van der Waals surface area contributed by atoms with Crippen LogP contribution in [0.25, 0.3) is 0 Å². The number of rotatable bonds is 5. The molecule has 5 heteroatoms. The Hall–Kier alpha value is -0.940. The summed E-state index contributed by atoms with van der Waals surface area (Å²) in [6, 6.07) is 0. The summed E-state index contributed by atoms with van der Waals surface area (Å²) in [5.41, 5.74) is -0.0351.